The molecule has 0 atom stereocenters. The number of hydrogen-bond donors (Lipinski definition) is 5. The number of carbonyl (C=O) groups excluding carboxylic acids is 3. The number of aliphatic hydroxyl groups is 1. The number of nitrogens with one attached hydrogen (secondary N) is 4. The fourth-order valence-electron chi connectivity index (χ4n) is 4.31. The largest absolute Gasteiger partial charge is 0.448 e. The molecule has 0 fully saturated rings. The number of nitrogens with zero attached hydrogens (tertiary/aromatic N) is 1. The molecule has 0 saturated heterocycles. The molecule has 2 aromatic rings. The minimum Gasteiger partial charge on any atom is -0.448 e. The summed E-state index contributed by atoms with van der Waals surface area (Å²) in [4.78, 5) is 41.6. The third kappa shape index (κ3) is 6.72. The molecule has 3 rings (SSSR count). The van der Waals surface area contributed by atoms with E-state index in [0.29, 0.717) is 6.54 Å². The molecule has 13 heteroatoms. The summed E-state index contributed by atoms with van der Waals surface area (Å²) in [5.74, 6) is -5.97. The van der Waals surface area contributed by atoms with Crippen molar-refractivity contribution >= 4 is 46.6 Å². The van der Waals surface area contributed by atoms with Gasteiger partial charge in [0, 0.05) is 24.2 Å². The fraction of sp³-hybridized carbons (Fsp3) is 0.370. The number of benzene rings is 1. The molecule has 0 bridgehead atoms. The van der Waals surface area contributed by atoms with Crippen LogP contribution in [0.5, 0.6) is 0 Å². The summed E-state index contributed by atoms with van der Waals surface area (Å²) in [5.41, 5.74) is -1.01. The molecule has 0 spiro atoms. The second-order valence-electron chi connectivity index (χ2n) is 8.99. The third-order valence-corrected chi connectivity index (χ3v) is 6.34. The molecular formula is C27H32F3N5O5. The number of aliphatic hydroxyl groups excluding tert-OH is 1. The van der Waals surface area contributed by atoms with Gasteiger partial charge in [0.15, 0.2) is 0 Å². The summed E-state index contributed by atoms with van der Waals surface area (Å²) in [7, 11) is 0. The first-order valence-electron chi connectivity index (χ1n) is 12.6. The molecule has 3 amide bonds. The van der Waals surface area contributed by atoms with Crippen LogP contribution in [0.25, 0.3) is 11.6 Å². The smallest absolute Gasteiger partial charge is 0.411 e. The average Bonchev–Trinajstić information content (AvgIpc) is 3.37. The monoisotopic (exact) mass is 563 g/mol. The van der Waals surface area contributed by atoms with Gasteiger partial charge in [-0.1, -0.05) is 19.9 Å². The van der Waals surface area contributed by atoms with Crippen molar-refractivity contribution in [2.24, 2.45) is 0 Å². The lowest BCUT2D eigenvalue weighted by Gasteiger charge is -2.19. The van der Waals surface area contributed by atoms with Gasteiger partial charge in [-0.2, -0.15) is 0 Å². The molecule has 40 heavy (non-hydrogen) atoms. The van der Waals surface area contributed by atoms with E-state index in [4.69, 9.17) is 9.84 Å². The van der Waals surface area contributed by atoms with E-state index in [2.05, 4.69) is 27.5 Å². The summed E-state index contributed by atoms with van der Waals surface area (Å²) in [6.45, 7) is 9.95. The predicted octanol–water partition coefficient (Wildman–Crippen LogP) is 4.44. The predicted molar refractivity (Wildman–Crippen MR) is 146 cm³/mol. The zero-order valence-corrected chi connectivity index (χ0v) is 22.4. The van der Waals surface area contributed by atoms with Crippen molar-refractivity contribution in [3.8, 4) is 0 Å². The highest BCUT2D eigenvalue weighted by atomic mass is 19.3. The summed E-state index contributed by atoms with van der Waals surface area (Å²) in [5, 5.41) is 16.0. The number of rotatable bonds is 12. The van der Waals surface area contributed by atoms with Crippen LogP contribution < -0.4 is 16.0 Å². The van der Waals surface area contributed by atoms with E-state index < -0.39 is 48.2 Å². The van der Waals surface area contributed by atoms with Gasteiger partial charge in [-0.3, -0.25) is 14.9 Å². The van der Waals surface area contributed by atoms with Crippen molar-refractivity contribution in [3.05, 3.63) is 53.1 Å². The standard InChI is InChI=1S/C27H32F3N5O5/c1-5-8-27(29,30)23-21(31-15(4)24(23)34-26(39)40-10-9-35(6-2)7-3)12-17-16-11-18(28)20(32-22(37)14-36)13-19(16)33-25(17)38/h5,11-13,31,36H,1,6-10,14H2,2-4H3,(H,32,37)(H,33,38)(H,34,39)/b17-12-. The van der Waals surface area contributed by atoms with E-state index in [9.17, 15) is 18.8 Å². The first-order chi connectivity index (χ1) is 18.9. The fourth-order valence-corrected chi connectivity index (χ4v) is 4.31. The van der Waals surface area contributed by atoms with Gasteiger partial charge in [-0.25, -0.2) is 18.0 Å². The van der Waals surface area contributed by atoms with Crippen molar-refractivity contribution in [3.63, 3.8) is 0 Å². The Morgan fingerprint density at radius 3 is 2.55 bits per heavy atom. The van der Waals surface area contributed by atoms with E-state index in [1.807, 2.05) is 18.7 Å². The zero-order valence-electron chi connectivity index (χ0n) is 22.4. The van der Waals surface area contributed by atoms with Crippen LogP contribution in [0.2, 0.25) is 0 Å². The molecule has 0 radical (unpaired) electrons. The maximum atomic E-state index is 15.4. The Morgan fingerprint density at radius 1 is 1.23 bits per heavy atom. The number of halogens is 3. The third-order valence-electron chi connectivity index (χ3n) is 6.34. The molecule has 0 unspecified atom stereocenters. The molecule has 1 aromatic carbocycles. The van der Waals surface area contributed by atoms with Gasteiger partial charge < -0.3 is 30.4 Å². The quantitative estimate of drug-likeness (QED) is 0.191. The molecule has 10 nitrogen and oxygen atoms in total. The first-order valence-corrected chi connectivity index (χ1v) is 12.6. The number of amides is 3. The van der Waals surface area contributed by atoms with Crippen molar-refractivity contribution in [2.45, 2.75) is 33.1 Å². The molecule has 1 aromatic heterocycles. The second-order valence-corrected chi connectivity index (χ2v) is 8.99. The Kier molecular flexibility index (Phi) is 9.77. The number of alkyl halides is 2. The van der Waals surface area contributed by atoms with E-state index in [1.54, 1.807) is 0 Å². The van der Waals surface area contributed by atoms with Crippen LogP contribution in [0.15, 0.2) is 24.8 Å². The van der Waals surface area contributed by atoms with Crippen molar-refractivity contribution < 1.29 is 37.4 Å². The molecular weight excluding hydrogens is 531 g/mol. The van der Waals surface area contributed by atoms with Crippen molar-refractivity contribution in [2.75, 3.05) is 48.8 Å². The highest BCUT2D eigenvalue weighted by molar-refractivity contribution is 6.35. The van der Waals surface area contributed by atoms with Crippen molar-refractivity contribution in [1.29, 1.82) is 0 Å². The number of fused-ring (bicyclic) bond motifs is 1. The van der Waals surface area contributed by atoms with Crippen LogP contribution in [-0.2, 0) is 20.2 Å². The van der Waals surface area contributed by atoms with Crippen LogP contribution in [-0.4, -0.2) is 65.7 Å². The summed E-state index contributed by atoms with van der Waals surface area (Å²) >= 11 is 0. The minimum atomic E-state index is -3.51. The second kappa shape index (κ2) is 12.8. The SMILES string of the molecule is C=CCC(F)(F)c1c(/C=C2\C(=O)Nc3cc(NC(=O)CO)c(F)cc32)[nH]c(C)c1NC(=O)OCCN(CC)CC. The number of aryl methyl sites for hydroxylation is 1. The van der Waals surface area contributed by atoms with Gasteiger partial charge >= 0.3 is 6.09 Å². The number of anilines is 3. The van der Waals surface area contributed by atoms with Crippen LogP contribution in [0.1, 0.15) is 42.8 Å². The van der Waals surface area contributed by atoms with Gasteiger partial charge in [-0.15, -0.1) is 6.58 Å². The molecule has 216 valence electrons. The summed E-state index contributed by atoms with van der Waals surface area (Å²) < 4.78 is 50.7. The number of hydrogen-bond acceptors (Lipinski definition) is 6. The Balaban J connectivity index is 2.00. The first kappa shape index (κ1) is 30.4. The van der Waals surface area contributed by atoms with Gasteiger partial charge in [0.1, 0.15) is 19.0 Å². The van der Waals surface area contributed by atoms with Crippen LogP contribution >= 0.6 is 0 Å². The summed E-state index contributed by atoms with van der Waals surface area (Å²) in [6, 6.07) is 2.13. The average molecular weight is 564 g/mol. The van der Waals surface area contributed by atoms with E-state index >= 15 is 8.78 Å². The molecule has 5 N–H and O–H groups in total. The Bertz CT molecular complexity index is 1330. The highest BCUT2D eigenvalue weighted by Gasteiger charge is 2.38. The minimum absolute atomic E-state index is 0.0511. The van der Waals surface area contributed by atoms with Crippen LogP contribution in [0.4, 0.5) is 35.0 Å². The normalized spacial score (nSPS) is 13.8. The number of allylic oxidation sites excluding steroid dienone is 1. The lowest BCUT2D eigenvalue weighted by molar-refractivity contribution is -0.118. The van der Waals surface area contributed by atoms with Crippen LogP contribution in [0, 0.1) is 12.7 Å². The van der Waals surface area contributed by atoms with E-state index in [0.717, 1.165) is 37.4 Å². The number of H-pyrrole nitrogens is 1. The Labute approximate surface area is 229 Å². The Morgan fingerprint density at radius 2 is 1.93 bits per heavy atom. The van der Waals surface area contributed by atoms with Crippen molar-refractivity contribution in [1.82, 2.24) is 9.88 Å². The molecule has 0 aliphatic carbocycles. The van der Waals surface area contributed by atoms with E-state index in [1.165, 1.54) is 6.92 Å². The van der Waals surface area contributed by atoms with Gasteiger partial charge in [0.05, 0.1) is 33.9 Å². The molecule has 1 aliphatic heterocycles. The molecule has 0 saturated carbocycles. The highest BCUT2D eigenvalue weighted by Crippen LogP contribution is 2.44. The number of aromatic amines is 1. The maximum absolute atomic E-state index is 15.4. The van der Waals surface area contributed by atoms with Gasteiger partial charge in [0.2, 0.25) is 5.91 Å². The van der Waals surface area contributed by atoms with Gasteiger partial charge in [0.25, 0.3) is 11.8 Å². The lowest BCUT2D eigenvalue weighted by Crippen LogP contribution is -2.29. The van der Waals surface area contributed by atoms with E-state index in [-0.39, 0.29) is 46.2 Å². The molecule has 2 heterocycles. The summed E-state index contributed by atoms with van der Waals surface area (Å²) in [6.07, 6.45) is 0.480. The maximum Gasteiger partial charge on any atom is 0.411 e. The van der Waals surface area contributed by atoms with Crippen LogP contribution in [0.3, 0.4) is 0 Å². The lowest BCUT2D eigenvalue weighted by atomic mass is 9.99. The Hall–Kier alpha value is -4.10. The van der Waals surface area contributed by atoms with Gasteiger partial charge in [-0.05, 0) is 38.2 Å². The number of ether oxygens (including phenoxy) is 1. The zero-order chi connectivity index (χ0) is 29.6. The number of carbonyl (C=O) groups is 3. The topological polar surface area (TPSA) is 136 Å². The number of aromatic nitrogens is 1. The number of likely N-dealkylation sites (N-methyl/N-ethyl adjacent to an activating group) is 1. The molecule has 1 aliphatic rings.